The van der Waals surface area contributed by atoms with E-state index in [9.17, 15) is 9.90 Å². The summed E-state index contributed by atoms with van der Waals surface area (Å²) in [7, 11) is 0. The fraction of sp³-hybridized carbons (Fsp3) is 0.391. The van der Waals surface area contributed by atoms with Gasteiger partial charge in [-0.2, -0.15) is 5.10 Å². The lowest BCUT2D eigenvalue weighted by molar-refractivity contribution is 0.0697. The maximum Gasteiger partial charge on any atom is 0.335 e. The zero-order valence-corrected chi connectivity index (χ0v) is 18.7. The molecular weight excluding hydrogens is 432 g/mol. The van der Waals surface area contributed by atoms with Gasteiger partial charge in [0.05, 0.1) is 29.9 Å². The summed E-state index contributed by atoms with van der Waals surface area (Å²) in [6, 6.07) is 11.2. The van der Waals surface area contributed by atoms with E-state index in [0.29, 0.717) is 19.1 Å². The number of halogens is 1. The highest BCUT2D eigenvalue weighted by Gasteiger charge is 2.15. The van der Waals surface area contributed by atoms with Crippen LogP contribution in [-0.2, 0) is 13.0 Å². The van der Waals surface area contributed by atoms with Crippen molar-refractivity contribution in [3.8, 4) is 5.75 Å². The van der Waals surface area contributed by atoms with E-state index in [1.165, 1.54) is 0 Å². The largest absolute Gasteiger partial charge is 0.493 e. The quantitative estimate of drug-likeness (QED) is 0.431. The van der Waals surface area contributed by atoms with Crippen molar-refractivity contribution in [2.75, 3.05) is 6.61 Å². The van der Waals surface area contributed by atoms with Crippen molar-refractivity contribution in [1.29, 1.82) is 0 Å². The smallest absolute Gasteiger partial charge is 0.335 e. The molecule has 0 saturated carbocycles. The van der Waals surface area contributed by atoms with E-state index in [1.54, 1.807) is 12.1 Å². The molecule has 0 radical (unpaired) electrons. The Kier molecular flexibility index (Phi) is 6.96. The fourth-order valence-electron chi connectivity index (χ4n) is 3.47. The molecule has 0 unspecified atom stereocenters. The van der Waals surface area contributed by atoms with Gasteiger partial charge in [-0.05, 0) is 48.7 Å². The van der Waals surface area contributed by atoms with E-state index >= 15 is 0 Å². The Balaban J connectivity index is 1.96. The maximum absolute atomic E-state index is 11.4. The summed E-state index contributed by atoms with van der Waals surface area (Å²) in [5.41, 5.74) is 3.15. The molecule has 0 amide bonds. The first kappa shape index (κ1) is 21.4. The van der Waals surface area contributed by atoms with Gasteiger partial charge in [0, 0.05) is 15.4 Å². The summed E-state index contributed by atoms with van der Waals surface area (Å²) >= 11 is 3.56. The van der Waals surface area contributed by atoms with Crippen LogP contribution in [0.2, 0.25) is 0 Å². The topological polar surface area (TPSA) is 64.4 Å². The Morgan fingerprint density at radius 1 is 1.17 bits per heavy atom. The molecule has 1 N–H and O–H groups in total. The van der Waals surface area contributed by atoms with Gasteiger partial charge < -0.3 is 9.84 Å². The second-order valence-electron chi connectivity index (χ2n) is 7.24. The molecule has 0 atom stereocenters. The molecule has 0 fully saturated rings. The normalized spacial score (nSPS) is 11.3. The van der Waals surface area contributed by atoms with Crippen molar-refractivity contribution in [1.82, 2.24) is 9.78 Å². The predicted octanol–water partition coefficient (Wildman–Crippen LogP) is 5.92. The van der Waals surface area contributed by atoms with Gasteiger partial charge in [-0.25, -0.2) is 4.79 Å². The number of carbonyl (C=O) groups is 1. The van der Waals surface area contributed by atoms with E-state index in [-0.39, 0.29) is 5.56 Å². The summed E-state index contributed by atoms with van der Waals surface area (Å²) in [5, 5.41) is 15.0. The van der Waals surface area contributed by atoms with Gasteiger partial charge >= 0.3 is 5.97 Å². The molecule has 29 heavy (non-hydrogen) atoms. The van der Waals surface area contributed by atoms with Gasteiger partial charge in [0.2, 0.25) is 0 Å². The van der Waals surface area contributed by atoms with Gasteiger partial charge in [-0.15, -0.1) is 0 Å². The second-order valence-corrected chi connectivity index (χ2v) is 8.16. The number of aromatic carboxylic acids is 1. The lowest BCUT2D eigenvalue weighted by Gasteiger charge is -2.17. The van der Waals surface area contributed by atoms with Crippen LogP contribution in [0.15, 0.2) is 40.9 Å². The van der Waals surface area contributed by atoms with Gasteiger partial charge in [-0.3, -0.25) is 4.68 Å². The molecule has 3 aromatic rings. The van der Waals surface area contributed by atoms with Crippen molar-refractivity contribution < 1.29 is 14.6 Å². The lowest BCUT2D eigenvalue weighted by Crippen LogP contribution is -2.12. The predicted molar refractivity (Wildman–Crippen MR) is 119 cm³/mol. The summed E-state index contributed by atoms with van der Waals surface area (Å²) in [6.45, 7) is 7.66. The molecule has 0 aliphatic heterocycles. The van der Waals surface area contributed by atoms with Crippen LogP contribution < -0.4 is 4.74 Å². The van der Waals surface area contributed by atoms with Crippen molar-refractivity contribution in [2.24, 2.45) is 5.92 Å². The van der Waals surface area contributed by atoms with Crippen molar-refractivity contribution in [2.45, 2.75) is 46.6 Å². The van der Waals surface area contributed by atoms with Crippen LogP contribution in [0, 0.1) is 5.92 Å². The van der Waals surface area contributed by atoms with Crippen LogP contribution >= 0.6 is 15.9 Å². The molecule has 0 saturated heterocycles. The third kappa shape index (κ3) is 4.81. The SMILES string of the molecule is CCc1nn(Cc2cc(Br)ccc2OCC(CC)CC)c2ccc(C(=O)O)cc12. The molecular formula is C23H27BrN2O3. The fourth-order valence-corrected chi connectivity index (χ4v) is 3.87. The monoisotopic (exact) mass is 458 g/mol. The number of ether oxygens (including phenoxy) is 1. The summed E-state index contributed by atoms with van der Waals surface area (Å²) in [4.78, 5) is 11.4. The van der Waals surface area contributed by atoms with Crippen LogP contribution in [0.3, 0.4) is 0 Å². The number of carboxylic acid groups (broad SMARTS) is 1. The molecule has 6 heteroatoms. The molecule has 3 rings (SSSR count). The molecule has 1 heterocycles. The Morgan fingerprint density at radius 2 is 1.93 bits per heavy atom. The molecule has 0 bridgehead atoms. The number of aryl methyl sites for hydroxylation is 1. The minimum atomic E-state index is -0.925. The Morgan fingerprint density at radius 3 is 2.59 bits per heavy atom. The highest BCUT2D eigenvalue weighted by atomic mass is 79.9. The molecule has 0 aliphatic carbocycles. The van der Waals surface area contributed by atoms with E-state index in [0.717, 1.165) is 51.6 Å². The van der Waals surface area contributed by atoms with E-state index < -0.39 is 5.97 Å². The number of carboxylic acids is 1. The molecule has 2 aromatic carbocycles. The van der Waals surface area contributed by atoms with E-state index in [4.69, 9.17) is 9.84 Å². The Bertz CT molecular complexity index is 1010. The third-order valence-electron chi connectivity index (χ3n) is 5.38. The third-order valence-corrected chi connectivity index (χ3v) is 5.87. The minimum Gasteiger partial charge on any atom is -0.493 e. The van der Waals surface area contributed by atoms with Crippen LogP contribution in [0.1, 0.15) is 55.2 Å². The Hall–Kier alpha value is -2.34. The van der Waals surface area contributed by atoms with Crippen molar-refractivity contribution in [3.05, 3.63) is 57.7 Å². The average Bonchev–Trinajstić information content (AvgIpc) is 3.07. The maximum atomic E-state index is 11.4. The van der Waals surface area contributed by atoms with Crippen LogP contribution in [0.5, 0.6) is 5.75 Å². The zero-order chi connectivity index (χ0) is 21.0. The number of nitrogens with zero attached hydrogens (tertiary/aromatic N) is 2. The van der Waals surface area contributed by atoms with Crippen molar-refractivity contribution >= 4 is 32.8 Å². The number of hydrogen-bond donors (Lipinski definition) is 1. The number of fused-ring (bicyclic) bond motifs is 1. The van der Waals surface area contributed by atoms with Gasteiger partial charge in [0.15, 0.2) is 0 Å². The van der Waals surface area contributed by atoms with E-state index in [2.05, 4.69) is 35.8 Å². The molecule has 5 nitrogen and oxygen atoms in total. The van der Waals surface area contributed by atoms with Crippen LogP contribution in [-0.4, -0.2) is 27.5 Å². The number of aromatic nitrogens is 2. The van der Waals surface area contributed by atoms with Crippen molar-refractivity contribution in [3.63, 3.8) is 0 Å². The average molecular weight is 459 g/mol. The molecule has 0 aliphatic rings. The zero-order valence-electron chi connectivity index (χ0n) is 17.1. The van der Waals surface area contributed by atoms with Crippen LogP contribution in [0.4, 0.5) is 0 Å². The number of hydrogen-bond acceptors (Lipinski definition) is 3. The number of rotatable bonds is 9. The summed E-state index contributed by atoms with van der Waals surface area (Å²) in [6.07, 6.45) is 2.93. The first-order valence-electron chi connectivity index (χ1n) is 10.1. The van der Waals surface area contributed by atoms with Crippen LogP contribution in [0.25, 0.3) is 10.9 Å². The lowest BCUT2D eigenvalue weighted by atomic mass is 10.1. The van der Waals surface area contributed by atoms with Gasteiger partial charge in [0.1, 0.15) is 5.75 Å². The van der Waals surface area contributed by atoms with Gasteiger partial charge in [-0.1, -0.05) is 49.5 Å². The molecule has 154 valence electrons. The second kappa shape index (κ2) is 9.44. The summed E-state index contributed by atoms with van der Waals surface area (Å²) in [5.74, 6) is 0.480. The molecule has 1 aromatic heterocycles. The minimum absolute atomic E-state index is 0.281. The highest BCUT2D eigenvalue weighted by molar-refractivity contribution is 9.10. The van der Waals surface area contributed by atoms with Gasteiger partial charge in [0.25, 0.3) is 0 Å². The standard InChI is InChI=1S/C23H27BrN2O3/c1-4-15(5-2)14-29-22-10-8-18(24)11-17(22)13-26-21-9-7-16(23(27)28)12-19(21)20(6-3)25-26/h7-12,15H,4-6,13-14H2,1-3H3,(H,27,28). The molecule has 0 spiro atoms. The summed E-state index contributed by atoms with van der Waals surface area (Å²) < 4.78 is 9.09. The number of benzene rings is 2. The first-order valence-corrected chi connectivity index (χ1v) is 10.9. The van der Waals surface area contributed by atoms with E-state index in [1.807, 2.05) is 29.8 Å². The highest BCUT2D eigenvalue weighted by Crippen LogP contribution is 2.28. The Labute approximate surface area is 179 Å². The first-order chi connectivity index (χ1) is 14.0.